The maximum absolute atomic E-state index is 12.1. The van der Waals surface area contributed by atoms with E-state index in [-0.39, 0.29) is 0 Å². The van der Waals surface area contributed by atoms with Crippen molar-refractivity contribution in [3.63, 3.8) is 0 Å². The first-order chi connectivity index (χ1) is 9.72. The van der Waals surface area contributed by atoms with Gasteiger partial charge >= 0.3 is 5.97 Å². The predicted octanol–water partition coefficient (Wildman–Crippen LogP) is 0.0405. The number of aliphatic hydroxyl groups excluding tert-OH is 1. The zero-order chi connectivity index (χ0) is 16.2. The molecule has 2 N–H and O–H groups in total. The molecule has 10 heteroatoms. The summed E-state index contributed by atoms with van der Waals surface area (Å²) in [5, 5.41) is 19.6. The number of rotatable bonds is 6. The van der Waals surface area contributed by atoms with Gasteiger partial charge in [0.25, 0.3) is 5.69 Å². The lowest BCUT2D eigenvalue weighted by Crippen LogP contribution is -2.35. The molecule has 0 aliphatic heterocycles. The van der Waals surface area contributed by atoms with E-state index in [1.54, 1.807) is 0 Å². The number of hydrogen-bond donors (Lipinski definition) is 2. The summed E-state index contributed by atoms with van der Waals surface area (Å²) in [6, 6.07) is 1.95. The van der Waals surface area contributed by atoms with Crippen molar-refractivity contribution < 1.29 is 28.0 Å². The number of sulfonamides is 1. The van der Waals surface area contributed by atoms with Gasteiger partial charge in [0.2, 0.25) is 10.0 Å². The number of nitro groups is 1. The first kappa shape index (κ1) is 17.0. The Kier molecular flexibility index (Phi) is 5.35. The van der Waals surface area contributed by atoms with Crippen molar-refractivity contribution in [2.75, 3.05) is 13.7 Å². The first-order valence-electron chi connectivity index (χ1n) is 5.73. The van der Waals surface area contributed by atoms with Crippen LogP contribution in [0.1, 0.15) is 17.3 Å². The summed E-state index contributed by atoms with van der Waals surface area (Å²) in [5.74, 6) is -1.02. The van der Waals surface area contributed by atoms with Crippen molar-refractivity contribution in [2.24, 2.45) is 0 Å². The zero-order valence-electron chi connectivity index (χ0n) is 11.3. The van der Waals surface area contributed by atoms with Gasteiger partial charge in [-0.2, -0.15) is 0 Å². The molecule has 0 aliphatic carbocycles. The molecule has 0 radical (unpaired) electrons. The molecule has 0 bridgehead atoms. The van der Waals surface area contributed by atoms with Crippen LogP contribution in [0.3, 0.4) is 0 Å². The summed E-state index contributed by atoms with van der Waals surface area (Å²) in [6.07, 6.45) is 0. The van der Waals surface area contributed by atoms with Gasteiger partial charge in [-0.25, -0.2) is 17.9 Å². The smallest absolute Gasteiger partial charge is 0.339 e. The SMILES string of the molecule is COC(=O)c1cc([N+](=O)[O-])ccc1S(=O)(=O)NC(C)CO. The molecular formula is C11H14N2O7S. The third kappa shape index (κ3) is 3.97. The molecule has 0 spiro atoms. The average molecular weight is 318 g/mol. The molecule has 1 unspecified atom stereocenters. The van der Waals surface area contributed by atoms with Gasteiger partial charge in [0.1, 0.15) is 0 Å². The summed E-state index contributed by atoms with van der Waals surface area (Å²) >= 11 is 0. The molecule has 1 aromatic carbocycles. The van der Waals surface area contributed by atoms with Gasteiger partial charge in [0, 0.05) is 18.2 Å². The maximum atomic E-state index is 12.1. The maximum Gasteiger partial charge on any atom is 0.339 e. The highest BCUT2D eigenvalue weighted by Gasteiger charge is 2.26. The van der Waals surface area contributed by atoms with Gasteiger partial charge in [-0.15, -0.1) is 0 Å². The number of nitro benzene ring substituents is 1. The quantitative estimate of drug-likeness (QED) is 0.429. The number of carbonyl (C=O) groups excluding carboxylic acids is 1. The number of ether oxygens (including phenoxy) is 1. The highest BCUT2D eigenvalue weighted by molar-refractivity contribution is 7.89. The summed E-state index contributed by atoms with van der Waals surface area (Å²) in [6.45, 7) is 0.973. The summed E-state index contributed by atoms with van der Waals surface area (Å²) < 4.78 is 30.8. The predicted molar refractivity (Wildman–Crippen MR) is 71.3 cm³/mol. The lowest BCUT2D eigenvalue weighted by molar-refractivity contribution is -0.384. The second-order valence-electron chi connectivity index (χ2n) is 4.13. The van der Waals surface area contributed by atoms with Crippen molar-refractivity contribution in [1.82, 2.24) is 4.72 Å². The molecule has 1 aromatic rings. The Balaban J connectivity index is 3.41. The highest BCUT2D eigenvalue weighted by Crippen LogP contribution is 2.22. The Morgan fingerprint density at radius 1 is 1.52 bits per heavy atom. The van der Waals surface area contributed by atoms with Crippen LogP contribution in [0.2, 0.25) is 0 Å². The van der Waals surface area contributed by atoms with Gasteiger partial charge < -0.3 is 9.84 Å². The molecule has 0 aliphatic rings. The molecule has 0 saturated heterocycles. The highest BCUT2D eigenvalue weighted by atomic mass is 32.2. The molecule has 116 valence electrons. The van der Waals surface area contributed by atoms with Crippen molar-refractivity contribution in [2.45, 2.75) is 17.9 Å². The number of nitrogens with one attached hydrogen (secondary N) is 1. The normalized spacial score (nSPS) is 12.7. The Morgan fingerprint density at radius 3 is 2.62 bits per heavy atom. The number of non-ortho nitro benzene ring substituents is 1. The monoisotopic (exact) mass is 318 g/mol. The van der Waals surface area contributed by atoms with Crippen LogP contribution in [-0.4, -0.2) is 44.2 Å². The zero-order valence-corrected chi connectivity index (χ0v) is 12.1. The minimum Gasteiger partial charge on any atom is -0.465 e. The molecule has 21 heavy (non-hydrogen) atoms. The number of esters is 1. The van der Waals surface area contributed by atoms with Gasteiger partial charge in [-0.1, -0.05) is 0 Å². The summed E-state index contributed by atoms with van der Waals surface area (Å²) in [4.78, 5) is 21.1. The standard InChI is InChI=1S/C11H14N2O7S/c1-7(6-14)12-21(18,19)10-4-3-8(13(16)17)5-9(10)11(15)20-2/h3-5,7,12,14H,6H2,1-2H3. The average Bonchev–Trinajstić information content (AvgIpc) is 2.44. The largest absolute Gasteiger partial charge is 0.465 e. The fourth-order valence-corrected chi connectivity index (χ4v) is 2.91. The van der Waals surface area contributed by atoms with Gasteiger partial charge in [-0.3, -0.25) is 10.1 Å². The third-order valence-electron chi connectivity index (χ3n) is 2.50. The number of aliphatic hydroxyl groups is 1. The van der Waals surface area contributed by atoms with Crippen molar-refractivity contribution >= 4 is 21.7 Å². The molecule has 0 heterocycles. The second-order valence-corrected chi connectivity index (χ2v) is 5.82. The fourth-order valence-electron chi connectivity index (χ4n) is 1.50. The summed E-state index contributed by atoms with van der Waals surface area (Å²) in [5.41, 5.74) is -0.895. The minimum absolute atomic E-state index is 0.440. The minimum atomic E-state index is -4.13. The number of carbonyl (C=O) groups is 1. The van der Waals surface area contributed by atoms with Gasteiger partial charge in [0.05, 0.1) is 29.1 Å². The van der Waals surface area contributed by atoms with E-state index in [0.717, 1.165) is 25.3 Å². The molecule has 0 fully saturated rings. The molecule has 0 aromatic heterocycles. The molecule has 1 atom stereocenters. The van der Waals surface area contributed by atoms with Crippen LogP contribution in [0.5, 0.6) is 0 Å². The number of hydrogen-bond acceptors (Lipinski definition) is 7. The van der Waals surface area contributed by atoms with Crippen LogP contribution in [0.15, 0.2) is 23.1 Å². The number of methoxy groups -OCH3 is 1. The number of benzene rings is 1. The van der Waals surface area contributed by atoms with Crippen LogP contribution in [0, 0.1) is 10.1 Å². The van der Waals surface area contributed by atoms with Crippen LogP contribution >= 0.6 is 0 Å². The Hall–Kier alpha value is -2.04. The van der Waals surface area contributed by atoms with Gasteiger partial charge in [0.15, 0.2) is 0 Å². The van der Waals surface area contributed by atoms with Crippen LogP contribution < -0.4 is 4.72 Å². The van der Waals surface area contributed by atoms with E-state index < -0.39 is 49.7 Å². The van der Waals surface area contributed by atoms with Gasteiger partial charge in [-0.05, 0) is 13.0 Å². The molecular weight excluding hydrogens is 304 g/mol. The van der Waals surface area contributed by atoms with E-state index in [9.17, 15) is 23.3 Å². The second kappa shape index (κ2) is 6.61. The van der Waals surface area contributed by atoms with E-state index in [2.05, 4.69) is 9.46 Å². The Bertz CT molecular complexity index is 657. The van der Waals surface area contributed by atoms with E-state index in [0.29, 0.717) is 0 Å². The summed E-state index contributed by atoms with van der Waals surface area (Å²) in [7, 11) is -3.10. The molecule has 0 saturated carbocycles. The van der Waals surface area contributed by atoms with E-state index in [1.807, 2.05) is 0 Å². The van der Waals surface area contributed by atoms with Crippen LogP contribution in [-0.2, 0) is 14.8 Å². The lowest BCUT2D eigenvalue weighted by Gasteiger charge is -2.13. The van der Waals surface area contributed by atoms with Crippen LogP contribution in [0.25, 0.3) is 0 Å². The fraction of sp³-hybridized carbons (Fsp3) is 0.364. The lowest BCUT2D eigenvalue weighted by atomic mass is 10.2. The number of nitrogens with zero attached hydrogens (tertiary/aromatic N) is 1. The van der Waals surface area contributed by atoms with Crippen molar-refractivity contribution in [1.29, 1.82) is 0 Å². The van der Waals surface area contributed by atoms with Crippen LogP contribution in [0.4, 0.5) is 5.69 Å². The van der Waals surface area contributed by atoms with E-state index in [4.69, 9.17) is 5.11 Å². The molecule has 9 nitrogen and oxygen atoms in total. The Labute approximate surface area is 120 Å². The van der Waals surface area contributed by atoms with Crippen molar-refractivity contribution in [3.8, 4) is 0 Å². The first-order valence-corrected chi connectivity index (χ1v) is 7.21. The Morgan fingerprint density at radius 2 is 2.14 bits per heavy atom. The van der Waals surface area contributed by atoms with E-state index in [1.165, 1.54) is 6.92 Å². The topological polar surface area (TPSA) is 136 Å². The molecule has 0 amide bonds. The molecule has 1 rings (SSSR count). The van der Waals surface area contributed by atoms with E-state index >= 15 is 0 Å². The third-order valence-corrected chi connectivity index (χ3v) is 4.15. The van der Waals surface area contributed by atoms with Crippen molar-refractivity contribution in [3.05, 3.63) is 33.9 Å².